The summed E-state index contributed by atoms with van der Waals surface area (Å²) in [5.74, 6) is 0. The number of hydrogen-bond donors (Lipinski definition) is 0. The van der Waals surface area contributed by atoms with Crippen LogP contribution in [0.1, 0.15) is 17.2 Å². The molecule has 2 aromatic rings. The van der Waals surface area contributed by atoms with E-state index in [1.807, 2.05) is 25.1 Å². The quantitative estimate of drug-likeness (QED) is 0.873. The minimum absolute atomic E-state index is 0.0148. The van der Waals surface area contributed by atoms with Gasteiger partial charge >= 0.3 is 6.09 Å². The van der Waals surface area contributed by atoms with Gasteiger partial charge in [-0.05, 0) is 24.6 Å². The average Bonchev–Trinajstić information content (AvgIpc) is 2.91. The van der Waals surface area contributed by atoms with E-state index in [9.17, 15) is 13.2 Å². The van der Waals surface area contributed by atoms with Crippen LogP contribution >= 0.6 is 0 Å². The fourth-order valence-electron chi connectivity index (χ4n) is 2.32. The van der Waals surface area contributed by atoms with E-state index < -0.39 is 22.2 Å². The maximum absolute atomic E-state index is 12.6. The SMILES string of the molecule is Cc1ccc(S(=O)(=O)N2C[C@@H](c3ccccc3)OC2=O)cc1. The van der Waals surface area contributed by atoms with E-state index in [4.69, 9.17) is 4.74 Å². The highest BCUT2D eigenvalue weighted by Gasteiger charge is 2.40. The van der Waals surface area contributed by atoms with Crippen molar-refractivity contribution in [3.63, 3.8) is 0 Å². The number of nitrogens with zero attached hydrogens (tertiary/aromatic N) is 1. The predicted octanol–water partition coefficient (Wildman–Crippen LogP) is 2.88. The monoisotopic (exact) mass is 317 g/mol. The van der Waals surface area contributed by atoms with Crippen molar-refractivity contribution < 1.29 is 17.9 Å². The second-order valence-electron chi connectivity index (χ2n) is 5.13. The van der Waals surface area contributed by atoms with Gasteiger partial charge in [-0.1, -0.05) is 48.0 Å². The highest BCUT2D eigenvalue weighted by Crippen LogP contribution is 2.30. The molecular formula is C16H15NO4S. The molecule has 5 nitrogen and oxygen atoms in total. The molecular weight excluding hydrogens is 302 g/mol. The third-order valence-corrected chi connectivity index (χ3v) is 5.30. The van der Waals surface area contributed by atoms with Gasteiger partial charge in [-0.2, -0.15) is 4.31 Å². The van der Waals surface area contributed by atoms with Crippen molar-refractivity contribution in [1.82, 2.24) is 4.31 Å². The third kappa shape index (κ3) is 2.57. The lowest BCUT2D eigenvalue weighted by molar-refractivity contribution is 0.137. The van der Waals surface area contributed by atoms with Crippen molar-refractivity contribution in [2.45, 2.75) is 17.9 Å². The number of carbonyl (C=O) groups is 1. The second-order valence-corrected chi connectivity index (χ2v) is 6.99. The minimum Gasteiger partial charge on any atom is -0.439 e. The average molecular weight is 317 g/mol. The molecule has 1 amide bonds. The Labute approximate surface area is 129 Å². The lowest BCUT2D eigenvalue weighted by atomic mass is 10.1. The van der Waals surface area contributed by atoms with Crippen LogP contribution in [-0.2, 0) is 14.8 Å². The summed E-state index contributed by atoms with van der Waals surface area (Å²) < 4.78 is 31.1. The first-order chi connectivity index (χ1) is 10.5. The van der Waals surface area contributed by atoms with Crippen molar-refractivity contribution in [2.24, 2.45) is 0 Å². The summed E-state index contributed by atoms with van der Waals surface area (Å²) in [4.78, 5) is 12.1. The Bertz CT molecular complexity index is 785. The number of benzene rings is 2. The van der Waals surface area contributed by atoms with Crippen LogP contribution in [0, 0.1) is 6.92 Å². The van der Waals surface area contributed by atoms with E-state index in [1.165, 1.54) is 12.1 Å². The van der Waals surface area contributed by atoms with E-state index in [0.717, 1.165) is 15.4 Å². The normalized spacial score (nSPS) is 18.3. The highest BCUT2D eigenvalue weighted by molar-refractivity contribution is 7.89. The van der Waals surface area contributed by atoms with Crippen LogP contribution in [0.2, 0.25) is 0 Å². The lowest BCUT2D eigenvalue weighted by Crippen LogP contribution is -2.31. The van der Waals surface area contributed by atoms with Crippen molar-refractivity contribution >= 4 is 16.1 Å². The van der Waals surface area contributed by atoms with E-state index in [1.54, 1.807) is 24.3 Å². The van der Waals surface area contributed by atoms with Crippen molar-refractivity contribution in [3.05, 3.63) is 65.7 Å². The van der Waals surface area contributed by atoms with E-state index in [0.29, 0.717) is 0 Å². The molecule has 1 atom stereocenters. The van der Waals surface area contributed by atoms with Crippen molar-refractivity contribution in [3.8, 4) is 0 Å². The van der Waals surface area contributed by atoms with Crippen LogP contribution < -0.4 is 0 Å². The van der Waals surface area contributed by atoms with Crippen LogP contribution in [0.25, 0.3) is 0 Å². The summed E-state index contributed by atoms with van der Waals surface area (Å²) in [6, 6.07) is 15.5. The van der Waals surface area contributed by atoms with Gasteiger partial charge in [0.2, 0.25) is 0 Å². The molecule has 6 heteroatoms. The first kappa shape index (κ1) is 14.6. The molecule has 0 unspecified atom stereocenters. The van der Waals surface area contributed by atoms with Crippen LogP contribution in [0.4, 0.5) is 4.79 Å². The lowest BCUT2D eigenvalue weighted by Gasteiger charge is -2.13. The summed E-state index contributed by atoms with van der Waals surface area (Å²) in [6.07, 6.45) is -1.41. The Morgan fingerprint density at radius 1 is 1.05 bits per heavy atom. The maximum Gasteiger partial charge on any atom is 0.424 e. The van der Waals surface area contributed by atoms with Gasteiger partial charge in [0.1, 0.15) is 6.10 Å². The summed E-state index contributed by atoms with van der Waals surface area (Å²) in [7, 11) is -3.89. The molecule has 1 aliphatic heterocycles. The van der Waals surface area contributed by atoms with Gasteiger partial charge in [0.15, 0.2) is 0 Å². The first-order valence-corrected chi connectivity index (χ1v) is 8.27. The number of carbonyl (C=O) groups excluding carboxylic acids is 1. The summed E-state index contributed by atoms with van der Waals surface area (Å²) in [5.41, 5.74) is 1.72. The molecule has 1 heterocycles. The van der Waals surface area contributed by atoms with Gasteiger partial charge in [0.25, 0.3) is 10.0 Å². The zero-order chi connectivity index (χ0) is 15.7. The van der Waals surface area contributed by atoms with Gasteiger partial charge < -0.3 is 4.74 Å². The number of amides is 1. The fourth-order valence-corrected chi connectivity index (χ4v) is 3.62. The number of ether oxygens (including phenoxy) is 1. The predicted molar refractivity (Wildman–Crippen MR) is 80.7 cm³/mol. The number of rotatable bonds is 3. The smallest absolute Gasteiger partial charge is 0.424 e. The molecule has 1 fully saturated rings. The minimum atomic E-state index is -3.89. The van der Waals surface area contributed by atoms with Gasteiger partial charge in [-0.15, -0.1) is 0 Å². The standard InChI is InChI=1S/C16H15NO4S/c1-12-7-9-14(10-8-12)22(19,20)17-11-15(21-16(17)18)13-5-3-2-4-6-13/h2-10,15H,11H2,1H3/t15-/m0/s1. The fraction of sp³-hybridized carbons (Fsp3) is 0.188. The summed E-state index contributed by atoms with van der Waals surface area (Å²) in [6.45, 7) is 1.85. The topological polar surface area (TPSA) is 63.7 Å². The van der Waals surface area contributed by atoms with Crippen molar-refractivity contribution in [1.29, 1.82) is 0 Å². The molecule has 0 spiro atoms. The van der Waals surface area contributed by atoms with Gasteiger partial charge in [0.05, 0.1) is 11.4 Å². The summed E-state index contributed by atoms with van der Waals surface area (Å²) >= 11 is 0. The molecule has 114 valence electrons. The largest absolute Gasteiger partial charge is 0.439 e. The van der Waals surface area contributed by atoms with Gasteiger partial charge in [-0.25, -0.2) is 13.2 Å². The number of cyclic esters (lactones) is 1. The number of sulfonamides is 1. The Kier molecular flexibility index (Phi) is 3.62. The Morgan fingerprint density at radius 2 is 1.68 bits per heavy atom. The molecule has 1 saturated heterocycles. The Balaban J connectivity index is 1.89. The van der Waals surface area contributed by atoms with Crippen molar-refractivity contribution in [2.75, 3.05) is 6.54 Å². The molecule has 0 aliphatic carbocycles. The first-order valence-electron chi connectivity index (χ1n) is 6.83. The van der Waals surface area contributed by atoms with E-state index >= 15 is 0 Å². The second kappa shape index (κ2) is 5.46. The zero-order valence-corrected chi connectivity index (χ0v) is 12.8. The molecule has 0 saturated carbocycles. The van der Waals surface area contributed by atoms with E-state index in [-0.39, 0.29) is 11.4 Å². The molecule has 0 bridgehead atoms. The van der Waals surface area contributed by atoms with Crippen LogP contribution in [0.3, 0.4) is 0 Å². The molecule has 2 aromatic carbocycles. The molecule has 0 N–H and O–H groups in total. The molecule has 22 heavy (non-hydrogen) atoms. The molecule has 1 aliphatic rings. The Hall–Kier alpha value is -2.34. The van der Waals surface area contributed by atoms with Gasteiger partial charge in [-0.3, -0.25) is 0 Å². The third-order valence-electron chi connectivity index (χ3n) is 3.56. The maximum atomic E-state index is 12.6. The van der Waals surface area contributed by atoms with Crippen LogP contribution in [-0.4, -0.2) is 25.4 Å². The molecule has 0 radical (unpaired) electrons. The number of hydrogen-bond acceptors (Lipinski definition) is 4. The zero-order valence-electron chi connectivity index (χ0n) is 12.0. The molecule has 3 rings (SSSR count). The highest BCUT2D eigenvalue weighted by atomic mass is 32.2. The molecule has 0 aromatic heterocycles. The van der Waals surface area contributed by atoms with Crippen LogP contribution in [0.15, 0.2) is 59.5 Å². The van der Waals surface area contributed by atoms with Gasteiger partial charge in [0, 0.05) is 0 Å². The Morgan fingerprint density at radius 3 is 2.32 bits per heavy atom. The summed E-state index contributed by atoms with van der Waals surface area (Å²) in [5, 5.41) is 0. The van der Waals surface area contributed by atoms with E-state index in [2.05, 4.69) is 0 Å². The van der Waals surface area contributed by atoms with Crippen LogP contribution in [0.5, 0.6) is 0 Å². The number of aryl methyl sites for hydroxylation is 1.